The number of aromatic nitrogens is 1. The van der Waals surface area contributed by atoms with Crippen molar-refractivity contribution in [3.63, 3.8) is 0 Å². The first-order valence-corrected chi connectivity index (χ1v) is 7.25. The maximum absolute atomic E-state index is 12.1. The van der Waals surface area contributed by atoms with Crippen molar-refractivity contribution in [3.8, 4) is 0 Å². The predicted molar refractivity (Wildman–Crippen MR) is 73.9 cm³/mol. The maximum Gasteiger partial charge on any atom is 0.318 e. The van der Waals surface area contributed by atoms with Gasteiger partial charge in [-0.2, -0.15) is 0 Å². The number of nitrogens with one attached hydrogen (secondary N) is 1. The highest BCUT2D eigenvalue weighted by atomic mass is 32.1. The van der Waals surface area contributed by atoms with Crippen molar-refractivity contribution in [2.24, 2.45) is 0 Å². The number of thiazole rings is 1. The van der Waals surface area contributed by atoms with Gasteiger partial charge in [-0.3, -0.25) is 0 Å². The van der Waals surface area contributed by atoms with E-state index in [2.05, 4.69) is 17.2 Å². The van der Waals surface area contributed by atoms with Crippen LogP contribution in [0, 0.1) is 0 Å². The molecular weight excluding hydrogens is 246 g/mol. The van der Waals surface area contributed by atoms with E-state index >= 15 is 0 Å². The summed E-state index contributed by atoms with van der Waals surface area (Å²) in [6.07, 6.45) is 1.86. The van der Waals surface area contributed by atoms with Crippen LogP contribution >= 0.6 is 11.3 Å². The molecule has 1 N–H and O–H groups in total. The van der Waals surface area contributed by atoms with Gasteiger partial charge < -0.3 is 10.2 Å². The van der Waals surface area contributed by atoms with E-state index in [1.165, 1.54) is 15.6 Å². The highest BCUT2D eigenvalue weighted by Crippen LogP contribution is 2.25. The lowest BCUT2D eigenvalue weighted by Crippen LogP contribution is -2.49. The average Bonchev–Trinajstić information content (AvgIpc) is 2.68. The molecule has 0 unspecified atom stereocenters. The summed E-state index contributed by atoms with van der Waals surface area (Å²) in [6.45, 7) is 9.59. The zero-order chi connectivity index (χ0) is 13.3. The number of hydrogen-bond donors (Lipinski definition) is 1. The second-order valence-electron chi connectivity index (χ2n) is 5.68. The van der Waals surface area contributed by atoms with Crippen LogP contribution in [0.4, 0.5) is 4.79 Å². The summed E-state index contributed by atoms with van der Waals surface area (Å²) in [5.74, 6) is 0. The van der Waals surface area contributed by atoms with Gasteiger partial charge in [0.2, 0.25) is 0 Å². The van der Waals surface area contributed by atoms with Crippen LogP contribution in [0.2, 0.25) is 0 Å². The van der Waals surface area contributed by atoms with Gasteiger partial charge >= 0.3 is 6.03 Å². The molecule has 1 aliphatic heterocycles. The summed E-state index contributed by atoms with van der Waals surface area (Å²) in [5.41, 5.74) is 1.01. The van der Waals surface area contributed by atoms with Crippen LogP contribution in [0.1, 0.15) is 43.3 Å². The third kappa shape index (κ3) is 3.02. The largest absolute Gasteiger partial charge is 0.333 e. The van der Waals surface area contributed by atoms with Crippen LogP contribution in [-0.4, -0.2) is 28.0 Å². The van der Waals surface area contributed by atoms with E-state index in [9.17, 15) is 4.79 Å². The number of carbonyl (C=O) groups is 1. The molecule has 18 heavy (non-hydrogen) atoms. The topological polar surface area (TPSA) is 45.2 Å². The summed E-state index contributed by atoms with van der Waals surface area (Å²) < 4.78 is 0. The minimum Gasteiger partial charge on any atom is -0.333 e. The fourth-order valence-corrected chi connectivity index (χ4v) is 3.04. The lowest BCUT2D eigenvalue weighted by molar-refractivity contribution is 0.183. The van der Waals surface area contributed by atoms with Gasteiger partial charge in [0.15, 0.2) is 0 Å². The number of urea groups is 1. The summed E-state index contributed by atoms with van der Waals surface area (Å²) in [5, 5.41) is 4.19. The van der Waals surface area contributed by atoms with Crippen molar-refractivity contribution in [2.45, 2.75) is 52.6 Å². The molecule has 1 aliphatic rings. The third-order valence-electron chi connectivity index (χ3n) is 2.85. The Morgan fingerprint density at radius 1 is 1.50 bits per heavy atom. The Morgan fingerprint density at radius 2 is 2.22 bits per heavy atom. The lowest BCUT2D eigenvalue weighted by atomic mass is 10.1. The summed E-state index contributed by atoms with van der Waals surface area (Å²) >= 11 is 1.74. The van der Waals surface area contributed by atoms with Crippen molar-refractivity contribution in [2.75, 3.05) is 6.54 Å². The van der Waals surface area contributed by atoms with Crippen LogP contribution < -0.4 is 5.32 Å². The molecule has 0 aromatic carbocycles. The van der Waals surface area contributed by atoms with Crippen molar-refractivity contribution in [3.05, 3.63) is 15.6 Å². The van der Waals surface area contributed by atoms with E-state index in [-0.39, 0.29) is 11.6 Å². The van der Waals surface area contributed by atoms with Gasteiger partial charge in [0.05, 0.1) is 17.2 Å². The lowest BCUT2D eigenvalue weighted by Gasteiger charge is -2.30. The molecule has 4 nitrogen and oxygen atoms in total. The van der Waals surface area contributed by atoms with E-state index in [0.717, 1.165) is 19.4 Å². The van der Waals surface area contributed by atoms with Gasteiger partial charge in [-0.1, -0.05) is 6.92 Å². The van der Waals surface area contributed by atoms with E-state index in [1.54, 1.807) is 11.3 Å². The quantitative estimate of drug-likeness (QED) is 0.850. The van der Waals surface area contributed by atoms with Gasteiger partial charge in [0.25, 0.3) is 0 Å². The molecule has 0 atom stereocenters. The van der Waals surface area contributed by atoms with Gasteiger partial charge in [-0.15, -0.1) is 11.3 Å². The Bertz CT molecular complexity index is 448. The number of hydrogen-bond acceptors (Lipinski definition) is 3. The van der Waals surface area contributed by atoms with Crippen LogP contribution in [-0.2, 0) is 19.4 Å². The Kier molecular flexibility index (Phi) is 3.61. The van der Waals surface area contributed by atoms with E-state index in [4.69, 9.17) is 0 Å². The first-order valence-electron chi connectivity index (χ1n) is 6.43. The smallest absolute Gasteiger partial charge is 0.318 e. The molecule has 2 amide bonds. The van der Waals surface area contributed by atoms with Gasteiger partial charge in [-0.05, 0) is 27.2 Å². The number of nitrogens with zero attached hydrogens (tertiary/aromatic N) is 2. The van der Waals surface area contributed by atoms with Gasteiger partial charge in [-0.25, -0.2) is 9.78 Å². The molecule has 0 bridgehead atoms. The molecule has 0 saturated carbocycles. The highest BCUT2D eigenvalue weighted by molar-refractivity contribution is 7.11. The molecule has 0 fully saturated rings. The van der Waals surface area contributed by atoms with Crippen molar-refractivity contribution in [1.29, 1.82) is 0 Å². The Morgan fingerprint density at radius 3 is 2.83 bits per heavy atom. The second-order valence-corrected chi connectivity index (χ2v) is 6.85. The minimum absolute atomic E-state index is 0.0274. The van der Waals surface area contributed by atoms with Crippen LogP contribution in [0.5, 0.6) is 0 Å². The summed E-state index contributed by atoms with van der Waals surface area (Å²) in [4.78, 5) is 19.8. The molecule has 0 saturated heterocycles. The van der Waals surface area contributed by atoms with Crippen molar-refractivity contribution >= 4 is 17.4 Å². The number of rotatable bonds is 1. The SMILES string of the molecule is CCc1nc2c(s1)CN(C(=O)NC(C)(C)C)CC2. The minimum atomic E-state index is -0.181. The van der Waals surface area contributed by atoms with Crippen molar-refractivity contribution in [1.82, 2.24) is 15.2 Å². The zero-order valence-electron chi connectivity index (χ0n) is 11.5. The predicted octanol–water partition coefficient (Wildman–Crippen LogP) is 2.57. The molecular formula is C13H21N3OS. The van der Waals surface area contributed by atoms with E-state index in [0.29, 0.717) is 6.54 Å². The molecule has 1 aromatic rings. The second kappa shape index (κ2) is 4.88. The van der Waals surface area contributed by atoms with Crippen LogP contribution in [0.3, 0.4) is 0 Å². The highest BCUT2D eigenvalue weighted by Gasteiger charge is 2.25. The first kappa shape index (κ1) is 13.3. The number of aryl methyl sites for hydroxylation is 1. The Labute approximate surface area is 112 Å². The molecule has 2 heterocycles. The van der Waals surface area contributed by atoms with Gasteiger partial charge in [0.1, 0.15) is 0 Å². The monoisotopic (exact) mass is 267 g/mol. The van der Waals surface area contributed by atoms with E-state index < -0.39 is 0 Å². The molecule has 0 aliphatic carbocycles. The maximum atomic E-state index is 12.1. The summed E-state index contributed by atoms with van der Waals surface area (Å²) in [6, 6.07) is 0.0274. The zero-order valence-corrected chi connectivity index (χ0v) is 12.4. The molecule has 0 radical (unpaired) electrons. The average molecular weight is 267 g/mol. The normalized spacial score (nSPS) is 15.4. The fourth-order valence-electron chi connectivity index (χ4n) is 1.97. The Balaban J connectivity index is 2.05. The molecule has 1 aromatic heterocycles. The van der Waals surface area contributed by atoms with Crippen LogP contribution in [0.15, 0.2) is 0 Å². The number of carbonyl (C=O) groups excluding carboxylic acids is 1. The van der Waals surface area contributed by atoms with E-state index in [1.807, 2.05) is 25.7 Å². The summed E-state index contributed by atoms with van der Waals surface area (Å²) in [7, 11) is 0. The number of fused-ring (bicyclic) bond motifs is 1. The molecule has 100 valence electrons. The van der Waals surface area contributed by atoms with Crippen LogP contribution in [0.25, 0.3) is 0 Å². The molecule has 2 rings (SSSR count). The fraction of sp³-hybridized carbons (Fsp3) is 0.692. The molecule has 5 heteroatoms. The Hall–Kier alpha value is -1.10. The van der Waals surface area contributed by atoms with Gasteiger partial charge in [0, 0.05) is 23.4 Å². The number of amides is 2. The standard InChI is InChI=1S/C13H21N3OS/c1-5-11-14-9-6-7-16(8-10(9)18-11)12(17)15-13(2,3)4/h5-8H2,1-4H3,(H,15,17). The first-order chi connectivity index (χ1) is 8.39. The molecule has 0 spiro atoms. The van der Waals surface area contributed by atoms with Crippen molar-refractivity contribution < 1.29 is 4.79 Å². The third-order valence-corrected chi connectivity index (χ3v) is 4.07.